The SMILES string of the molecule is Cc1cc([C@@H]2CCCN2C(=O)[C@@H]2CC(=O)N(Cc3ccco3)C2)on1. The number of amides is 2. The second kappa shape index (κ2) is 6.38. The summed E-state index contributed by atoms with van der Waals surface area (Å²) in [6.45, 7) is 3.43. The van der Waals surface area contributed by atoms with Gasteiger partial charge in [-0.25, -0.2) is 0 Å². The third-order valence-corrected chi connectivity index (χ3v) is 5.00. The Kier molecular flexibility index (Phi) is 4.07. The maximum atomic E-state index is 13.0. The second-order valence-corrected chi connectivity index (χ2v) is 6.81. The Morgan fingerprint density at radius 3 is 3.04 bits per heavy atom. The Balaban J connectivity index is 1.44. The number of likely N-dealkylation sites (tertiary alicyclic amines) is 2. The highest BCUT2D eigenvalue weighted by molar-refractivity contribution is 5.89. The molecule has 0 N–H and O–H groups in total. The molecule has 4 heterocycles. The van der Waals surface area contributed by atoms with E-state index in [4.69, 9.17) is 8.94 Å². The lowest BCUT2D eigenvalue weighted by atomic mass is 10.1. The first kappa shape index (κ1) is 15.9. The summed E-state index contributed by atoms with van der Waals surface area (Å²) in [5, 5.41) is 3.93. The molecule has 0 unspecified atom stereocenters. The van der Waals surface area contributed by atoms with Gasteiger partial charge in [0.15, 0.2) is 5.76 Å². The summed E-state index contributed by atoms with van der Waals surface area (Å²) in [6.07, 6.45) is 3.66. The predicted molar refractivity (Wildman–Crippen MR) is 87.2 cm³/mol. The highest BCUT2D eigenvalue weighted by Crippen LogP contribution is 2.35. The summed E-state index contributed by atoms with van der Waals surface area (Å²) in [6, 6.07) is 5.46. The van der Waals surface area contributed by atoms with E-state index in [1.165, 1.54) is 0 Å². The van der Waals surface area contributed by atoms with Gasteiger partial charge in [0.05, 0.1) is 30.5 Å². The number of carbonyl (C=O) groups excluding carboxylic acids is 2. The Morgan fingerprint density at radius 1 is 1.44 bits per heavy atom. The van der Waals surface area contributed by atoms with E-state index in [1.54, 1.807) is 17.2 Å². The molecule has 0 aromatic carbocycles. The molecule has 0 spiro atoms. The minimum absolute atomic E-state index is 0.000932. The van der Waals surface area contributed by atoms with Crippen LogP contribution < -0.4 is 0 Å². The molecule has 2 atom stereocenters. The van der Waals surface area contributed by atoms with Gasteiger partial charge < -0.3 is 18.7 Å². The van der Waals surface area contributed by atoms with Gasteiger partial charge in [0.25, 0.3) is 0 Å². The molecule has 2 aromatic rings. The molecule has 2 aromatic heterocycles. The van der Waals surface area contributed by atoms with Crippen molar-refractivity contribution in [3.8, 4) is 0 Å². The van der Waals surface area contributed by atoms with Crippen LogP contribution in [0.3, 0.4) is 0 Å². The molecule has 2 fully saturated rings. The molecule has 0 aliphatic carbocycles. The number of nitrogens with zero attached hydrogens (tertiary/aromatic N) is 3. The molecule has 2 saturated heterocycles. The largest absolute Gasteiger partial charge is 0.467 e. The third-order valence-electron chi connectivity index (χ3n) is 5.00. The van der Waals surface area contributed by atoms with Gasteiger partial charge in [-0.15, -0.1) is 0 Å². The molecular weight excluding hydrogens is 322 g/mol. The van der Waals surface area contributed by atoms with E-state index in [0.717, 1.165) is 30.1 Å². The van der Waals surface area contributed by atoms with Crippen LogP contribution in [0.15, 0.2) is 33.4 Å². The van der Waals surface area contributed by atoms with Crippen molar-refractivity contribution in [3.63, 3.8) is 0 Å². The first-order chi connectivity index (χ1) is 12.1. The van der Waals surface area contributed by atoms with Gasteiger partial charge in [0, 0.05) is 25.6 Å². The molecule has 2 amide bonds. The van der Waals surface area contributed by atoms with Crippen molar-refractivity contribution < 1.29 is 18.5 Å². The van der Waals surface area contributed by atoms with E-state index in [1.807, 2.05) is 24.0 Å². The molecular formula is C18H21N3O4. The lowest BCUT2D eigenvalue weighted by Crippen LogP contribution is -2.37. The smallest absolute Gasteiger partial charge is 0.228 e. The van der Waals surface area contributed by atoms with Crippen molar-refractivity contribution in [2.75, 3.05) is 13.1 Å². The molecule has 2 aliphatic rings. The quantitative estimate of drug-likeness (QED) is 0.851. The van der Waals surface area contributed by atoms with Crippen LogP contribution >= 0.6 is 0 Å². The number of hydrogen-bond donors (Lipinski definition) is 0. The zero-order valence-electron chi connectivity index (χ0n) is 14.2. The molecule has 0 radical (unpaired) electrons. The van der Waals surface area contributed by atoms with Gasteiger partial charge >= 0.3 is 0 Å². The van der Waals surface area contributed by atoms with E-state index >= 15 is 0 Å². The summed E-state index contributed by atoms with van der Waals surface area (Å²) < 4.78 is 10.7. The van der Waals surface area contributed by atoms with Gasteiger partial charge in [0.2, 0.25) is 11.8 Å². The third kappa shape index (κ3) is 3.06. The number of hydrogen-bond acceptors (Lipinski definition) is 5. The van der Waals surface area contributed by atoms with Gasteiger partial charge in [0.1, 0.15) is 5.76 Å². The van der Waals surface area contributed by atoms with Crippen LogP contribution in [0.2, 0.25) is 0 Å². The summed E-state index contributed by atoms with van der Waals surface area (Å²) in [4.78, 5) is 28.8. The van der Waals surface area contributed by atoms with Crippen LogP contribution in [0.1, 0.15) is 42.5 Å². The first-order valence-corrected chi connectivity index (χ1v) is 8.65. The lowest BCUT2D eigenvalue weighted by Gasteiger charge is -2.25. The second-order valence-electron chi connectivity index (χ2n) is 6.81. The Bertz CT molecular complexity index is 767. The topological polar surface area (TPSA) is 79.8 Å². The van der Waals surface area contributed by atoms with E-state index in [-0.39, 0.29) is 30.2 Å². The van der Waals surface area contributed by atoms with E-state index in [0.29, 0.717) is 19.6 Å². The summed E-state index contributed by atoms with van der Waals surface area (Å²) in [5.74, 6) is 1.21. The Morgan fingerprint density at radius 2 is 2.32 bits per heavy atom. The molecule has 7 heteroatoms. The Hall–Kier alpha value is -2.57. The first-order valence-electron chi connectivity index (χ1n) is 8.65. The average Bonchev–Trinajstić information content (AvgIpc) is 3.35. The minimum atomic E-state index is -0.299. The molecule has 132 valence electrons. The minimum Gasteiger partial charge on any atom is -0.467 e. The maximum Gasteiger partial charge on any atom is 0.228 e. The van der Waals surface area contributed by atoms with Gasteiger partial charge in [-0.1, -0.05) is 5.16 Å². The van der Waals surface area contributed by atoms with Crippen LogP contribution in [0.5, 0.6) is 0 Å². The van der Waals surface area contributed by atoms with E-state index < -0.39 is 0 Å². The molecule has 0 saturated carbocycles. The zero-order chi connectivity index (χ0) is 17.4. The fourth-order valence-corrected chi connectivity index (χ4v) is 3.78. The van der Waals surface area contributed by atoms with Crippen LogP contribution in [0.4, 0.5) is 0 Å². The normalized spacial score (nSPS) is 23.6. The molecule has 25 heavy (non-hydrogen) atoms. The van der Waals surface area contributed by atoms with E-state index in [9.17, 15) is 9.59 Å². The number of furan rings is 1. The summed E-state index contributed by atoms with van der Waals surface area (Å²) in [7, 11) is 0. The number of carbonyl (C=O) groups is 2. The number of aryl methyl sites for hydroxylation is 1. The van der Waals surface area contributed by atoms with Crippen LogP contribution in [-0.4, -0.2) is 39.9 Å². The summed E-state index contributed by atoms with van der Waals surface area (Å²) in [5.41, 5.74) is 0.815. The molecule has 7 nitrogen and oxygen atoms in total. The highest BCUT2D eigenvalue weighted by Gasteiger charge is 2.41. The lowest BCUT2D eigenvalue weighted by molar-refractivity contribution is -0.137. The zero-order valence-corrected chi connectivity index (χ0v) is 14.2. The van der Waals surface area contributed by atoms with Gasteiger partial charge in [-0.3, -0.25) is 9.59 Å². The summed E-state index contributed by atoms with van der Waals surface area (Å²) >= 11 is 0. The molecule has 0 bridgehead atoms. The predicted octanol–water partition coefficient (Wildman–Crippen LogP) is 2.29. The van der Waals surface area contributed by atoms with Crippen molar-refractivity contribution in [2.24, 2.45) is 5.92 Å². The average molecular weight is 343 g/mol. The van der Waals surface area contributed by atoms with Crippen molar-refractivity contribution in [3.05, 3.63) is 41.7 Å². The number of rotatable bonds is 4. The molecule has 4 rings (SSSR count). The Labute approximate surface area is 145 Å². The van der Waals surface area contributed by atoms with Gasteiger partial charge in [-0.05, 0) is 31.9 Å². The highest BCUT2D eigenvalue weighted by atomic mass is 16.5. The fraction of sp³-hybridized carbons (Fsp3) is 0.500. The van der Waals surface area contributed by atoms with Crippen molar-refractivity contribution >= 4 is 11.8 Å². The number of aromatic nitrogens is 1. The monoisotopic (exact) mass is 343 g/mol. The fourth-order valence-electron chi connectivity index (χ4n) is 3.78. The van der Waals surface area contributed by atoms with Crippen molar-refractivity contribution in [2.45, 2.75) is 38.8 Å². The van der Waals surface area contributed by atoms with Crippen LogP contribution in [0, 0.1) is 12.8 Å². The van der Waals surface area contributed by atoms with Crippen LogP contribution in [-0.2, 0) is 16.1 Å². The standard InChI is InChI=1S/C18H21N3O4/c1-12-8-16(25-19-12)15-5-2-6-21(15)18(23)13-9-17(22)20(10-13)11-14-4-3-7-24-14/h3-4,7-8,13,15H,2,5-6,9-11H2,1H3/t13-,15+/m1/s1. The van der Waals surface area contributed by atoms with E-state index in [2.05, 4.69) is 5.16 Å². The maximum absolute atomic E-state index is 13.0. The van der Waals surface area contributed by atoms with Crippen LogP contribution in [0.25, 0.3) is 0 Å². The van der Waals surface area contributed by atoms with Crippen molar-refractivity contribution in [1.82, 2.24) is 15.0 Å². The van der Waals surface area contributed by atoms with Crippen molar-refractivity contribution in [1.29, 1.82) is 0 Å². The van der Waals surface area contributed by atoms with Gasteiger partial charge in [-0.2, -0.15) is 0 Å². The molecule has 2 aliphatic heterocycles.